The average Bonchev–Trinajstić information content (AvgIpc) is 2.71. The number of hydrogen-bond donors (Lipinski definition) is 0. The highest BCUT2D eigenvalue weighted by Gasteiger charge is 2.60. The number of nitrogens with zero attached hydrogens (tertiary/aromatic N) is 2. The number of benzene rings is 1. The van der Waals surface area contributed by atoms with Crippen LogP contribution in [0, 0.1) is 0 Å². The van der Waals surface area contributed by atoms with Crippen LogP contribution in [0.5, 0.6) is 5.75 Å². The van der Waals surface area contributed by atoms with Crippen LogP contribution < -0.4 is 9.91 Å². The van der Waals surface area contributed by atoms with Crippen LogP contribution in [0.4, 0.5) is 5.69 Å². The van der Waals surface area contributed by atoms with Crippen LogP contribution in [0.1, 0.15) is 0 Å². The molecule has 0 amide bonds. The zero-order chi connectivity index (χ0) is 10.5. The second-order valence-electron chi connectivity index (χ2n) is 2.87. The molecule has 0 aromatic heterocycles. The Labute approximate surface area is 85.1 Å². The van der Waals surface area contributed by atoms with Gasteiger partial charge in [0.05, 0.1) is 12.4 Å². The van der Waals surface area contributed by atoms with Gasteiger partial charge in [-0.1, -0.05) is 12.1 Å². The van der Waals surface area contributed by atoms with Gasteiger partial charge < -0.3 is 4.74 Å². The lowest BCUT2D eigenvalue weighted by Gasteiger charge is -2.22. The molecule has 0 N–H and O–H groups in total. The predicted molar refractivity (Wildman–Crippen MR) is 48.2 cm³/mol. The quantitative estimate of drug-likeness (QED) is 0.715. The van der Waals surface area contributed by atoms with E-state index in [0.29, 0.717) is 11.4 Å². The summed E-state index contributed by atoms with van der Waals surface area (Å²) in [6, 6.07) is 7.06. The van der Waals surface area contributed by atoms with Gasteiger partial charge in [-0.05, 0) is 12.1 Å². The summed E-state index contributed by atoms with van der Waals surface area (Å²) in [5.41, 5.74) is 0.551. The maximum Gasteiger partial charge on any atom is 0.538 e. The van der Waals surface area contributed by atoms with Crippen molar-refractivity contribution in [2.45, 2.75) is 0 Å². The molecule has 8 heteroatoms. The number of fused-ring (bicyclic) bond motifs is 1. The Kier molecular flexibility index (Phi) is 1.79. The van der Waals surface area contributed by atoms with E-state index in [4.69, 9.17) is 18.6 Å². The molecule has 2 bridgehead atoms. The lowest BCUT2D eigenvalue weighted by Crippen LogP contribution is -2.34. The number of hydrazine groups is 1. The first-order chi connectivity index (χ1) is 7.22. The Morgan fingerprint density at radius 1 is 1.27 bits per heavy atom. The lowest BCUT2D eigenvalue weighted by atomic mass is 10.3. The first-order valence-electron chi connectivity index (χ1n) is 4.14. The number of rotatable bonds is 2. The monoisotopic (exact) mass is 230 g/mol. The van der Waals surface area contributed by atoms with Gasteiger partial charge >= 0.3 is 7.82 Å². The van der Waals surface area contributed by atoms with Gasteiger partial charge in [-0.3, -0.25) is 0 Å². The Bertz CT molecular complexity index is 443. The summed E-state index contributed by atoms with van der Waals surface area (Å²) >= 11 is 0. The topological polar surface area (TPSA) is 60.5 Å². The second-order valence-corrected chi connectivity index (χ2v) is 4.26. The van der Waals surface area contributed by atoms with Crippen molar-refractivity contribution in [2.75, 3.05) is 12.3 Å². The number of ether oxygens (including phenoxy) is 1. The van der Waals surface area contributed by atoms with E-state index in [0.717, 1.165) is 10.5 Å². The second kappa shape index (κ2) is 2.94. The number of phosphoric acid groups is 1. The van der Waals surface area contributed by atoms with Crippen LogP contribution in [0.3, 0.4) is 0 Å². The summed E-state index contributed by atoms with van der Waals surface area (Å²) in [6.07, 6.45) is 0. The fourth-order valence-electron chi connectivity index (χ4n) is 1.32. The zero-order valence-corrected chi connectivity index (χ0v) is 8.59. The Morgan fingerprint density at radius 3 is 2.60 bits per heavy atom. The molecule has 3 aliphatic rings. The molecule has 0 radical (unpaired) electrons. The smallest absolute Gasteiger partial charge is 0.494 e. The van der Waals surface area contributed by atoms with Crippen molar-refractivity contribution in [1.29, 1.82) is 0 Å². The third-order valence-corrected chi connectivity index (χ3v) is 2.99. The van der Waals surface area contributed by atoms with E-state index in [9.17, 15) is 4.57 Å². The highest BCUT2D eigenvalue weighted by molar-refractivity contribution is 7.49. The van der Waals surface area contributed by atoms with Gasteiger partial charge in [0.25, 0.3) is 0 Å². The molecule has 4 rings (SSSR count). The minimum atomic E-state index is -3.36. The highest BCUT2D eigenvalue weighted by Crippen LogP contribution is 2.67. The van der Waals surface area contributed by atoms with E-state index in [1.165, 1.54) is 7.11 Å². The van der Waals surface area contributed by atoms with Crippen molar-refractivity contribution in [1.82, 2.24) is 5.34 Å². The third-order valence-electron chi connectivity index (χ3n) is 1.96. The van der Waals surface area contributed by atoms with Crippen molar-refractivity contribution in [3.05, 3.63) is 24.3 Å². The summed E-state index contributed by atoms with van der Waals surface area (Å²) in [7, 11) is -1.83. The standard InChI is InChI=1S/C7H7N2O5P/c1-11-7-5-3-2-4-6(7)8-9-13-15(10,12-8)14-9/h2-5H,1H3. The molecule has 0 atom stereocenters. The Morgan fingerprint density at radius 2 is 2.00 bits per heavy atom. The number of para-hydroxylation sites is 2. The van der Waals surface area contributed by atoms with Gasteiger partial charge in [-0.15, -0.1) is 19.0 Å². The maximum absolute atomic E-state index is 11.3. The summed E-state index contributed by atoms with van der Waals surface area (Å²) < 4.78 is 30.8. The normalized spacial score (nSPS) is 32.6. The third kappa shape index (κ3) is 1.26. The fourth-order valence-corrected chi connectivity index (χ4v) is 2.20. The highest BCUT2D eigenvalue weighted by atomic mass is 31.2. The first-order valence-corrected chi connectivity index (χ1v) is 5.60. The van der Waals surface area contributed by atoms with Crippen LogP contribution >= 0.6 is 7.82 Å². The van der Waals surface area contributed by atoms with E-state index in [-0.39, 0.29) is 0 Å². The van der Waals surface area contributed by atoms with Crippen LogP contribution in [-0.2, 0) is 18.4 Å². The van der Waals surface area contributed by atoms with Crippen LogP contribution in [0.15, 0.2) is 24.3 Å². The molecular weight excluding hydrogens is 223 g/mol. The summed E-state index contributed by atoms with van der Waals surface area (Å²) in [4.78, 5) is 0. The van der Waals surface area contributed by atoms with Gasteiger partial charge in [-0.2, -0.15) is 0 Å². The zero-order valence-electron chi connectivity index (χ0n) is 7.69. The molecule has 0 saturated carbocycles. The Hall–Kier alpha value is -1.11. The maximum atomic E-state index is 11.3. The summed E-state index contributed by atoms with van der Waals surface area (Å²) in [6.45, 7) is 0. The minimum Gasteiger partial charge on any atom is -0.494 e. The number of anilines is 1. The van der Waals surface area contributed by atoms with Gasteiger partial charge in [0.15, 0.2) is 0 Å². The average molecular weight is 230 g/mol. The lowest BCUT2D eigenvalue weighted by molar-refractivity contribution is -0.318. The minimum absolute atomic E-state index is 0.551. The van der Waals surface area contributed by atoms with Crippen molar-refractivity contribution in [2.24, 2.45) is 0 Å². The molecule has 3 fully saturated rings. The number of methoxy groups -OCH3 is 1. The largest absolute Gasteiger partial charge is 0.538 e. The van der Waals surface area contributed by atoms with E-state index < -0.39 is 7.82 Å². The molecule has 80 valence electrons. The van der Waals surface area contributed by atoms with E-state index >= 15 is 0 Å². The van der Waals surface area contributed by atoms with Gasteiger partial charge in [0.2, 0.25) is 0 Å². The first kappa shape index (κ1) is 9.14. The SMILES string of the molecule is COc1ccccc1N1OP2(=O)ON1O2. The molecule has 3 heterocycles. The number of hydrogen-bond acceptors (Lipinski definition) is 7. The molecule has 1 aromatic rings. The van der Waals surface area contributed by atoms with Crippen molar-refractivity contribution >= 4 is 13.5 Å². The van der Waals surface area contributed by atoms with Crippen LogP contribution in [0.2, 0.25) is 0 Å². The molecule has 0 spiro atoms. The molecule has 0 aliphatic carbocycles. The van der Waals surface area contributed by atoms with Gasteiger partial charge in [0.1, 0.15) is 11.4 Å². The van der Waals surface area contributed by atoms with Gasteiger partial charge in [0, 0.05) is 0 Å². The fraction of sp³-hybridized carbons (Fsp3) is 0.143. The van der Waals surface area contributed by atoms with Gasteiger partial charge in [-0.25, -0.2) is 4.57 Å². The predicted octanol–water partition coefficient (Wildman–Crippen LogP) is 1.65. The molecule has 1 aromatic carbocycles. The molecule has 0 unspecified atom stereocenters. The van der Waals surface area contributed by atoms with Crippen LogP contribution in [0.25, 0.3) is 0 Å². The van der Waals surface area contributed by atoms with Crippen molar-refractivity contribution in [3.8, 4) is 5.75 Å². The van der Waals surface area contributed by atoms with E-state index in [1.807, 2.05) is 6.07 Å². The van der Waals surface area contributed by atoms with Crippen LogP contribution in [-0.4, -0.2) is 12.4 Å². The molecular formula is C7H7N2O5P. The van der Waals surface area contributed by atoms with Crippen molar-refractivity contribution in [3.63, 3.8) is 0 Å². The molecule has 7 nitrogen and oxygen atoms in total. The van der Waals surface area contributed by atoms with Crippen molar-refractivity contribution < 1.29 is 23.2 Å². The summed E-state index contributed by atoms with van der Waals surface area (Å²) in [5, 5.41) is 2.04. The molecule has 15 heavy (non-hydrogen) atoms. The van der Waals surface area contributed by atoms with E-state index in [2.05, 4.69) is 0 Å². The molecule has 3 aliphatic heterocycles. The Balaban J connectivity index is 1.97. The molecule has 3 saturated heterocycles. The van der Waals surface area contributed by atoms with E-state index in [1.54, 1.807) is 18.2 Å². The summed E-state index contributed by atoms with van der Waals surface area (Å²) in [5.74, 6) is 0.560.